The Kier molecular flexibility index (Phi) is 8.01. The molecule has 12 heteroatoms. The number of fused-ring (bicyclic) bond motifs is 2. The number of nitriles is 1. The number of carbonyl (C=O) groups excluding carboxylic acids is 2. The van der Waals surface area contributed by atoms with E-state index < -0.39 is 11.8 Å². The van der Waals surface area contributed by atoms with E-state index in [0.717, 1.165) is 36.8 Å². The van der Waals surface area contributed by atoms with Gasteiger partial charge in [-0.1, -0.05) is 13.8 Å². The maximum absolute atomic E-state index is 11.3. The van der Waals surface area contributed by atoms with Crippen LogP contribution in [0.3, 0.4) is 0 Å². The van der Waals surface area contributed by atoms with Crippen molar-refractivity contribution in [2.45, 2.75) is 23.6 Å². The summed E-state index contributed by atoms with van der Waals surface area (Å²) < 4.78 is 4.25. The molecule has 0 aliphatic carbocycles. The molecule has 0 aromatic carbocycles. The fraction of sp³-hybridized carbons (Fsp3) is 0.190. The summed E-state index contributed by atoms with van der Waals surface area (Å²) in [5.41, 5.74) is 13.7. The molecule has 170 valence electrons. The quantitative estimate of drug-likeness (QED) is 0.351. The topological polar surface area (TPSA) is 145 Å². The van der Waals surface area contributed by atoms with Gasteiger partial charge in [-0.15, -0.1) is 23.5 Å². The predicted molar refractivity (Wildman–Crippen MR) is 133 cm³/mol. The predicted octanol–water partition coefficient (Wildman–Crippen LogP) is 3.72. The summed E-state index contributed by atoms with van der Waals surface area (Å²) in [5.74, 6) is 0.745. The highest BCUT2D eigenvalue weighted by molar-refractivity contribution is 9.10. The molecule has 4 aromatic rings. The van der Waals surface area contributed by atoms with Gasteiger partial charge in [-0.05, 0) is 39.6 Å². The van der Waals surface area contributed by atoms with Crippen molar-refractivity contribution in [1.82, 2.24) is 19.2 Å². The van der Waals surface area contributed by atoms with Crippen LogP contribution >= 0.6 is 39.5 Å². The van der Waals surface area contributed by atoms with E-state index >= 15 is 0 Å². The summed E-state index contributed by atoms with van der Waals surface area (Å²) in [6.45, 7) is 4.02. The van der Waals surface area contributed by atoms with Crippen LogP contribution in [0.1, 0.15) is 40.1 Å². The molecule has 0 atom stereocenters. The molecule has 0 radical (unpaired) electrons. The first kappa shape index (κ1) is 24.6. The lowest BCUT2D eigenvalue weighted by Gasteiger charge is -2.06. The molecule has 0 unspecified atom stereocenters. The SMILES string of the molecule is CCSc1c(C(N)=O)cnn2cc(Br)cc12.CCSc1c(C(N)=O)cnn2cc(C#N)cc12. The first-order valence-corrected chi connectivity index (χ1v) is 12.5. The number of carbonyl (C=O) groups is 2. The van der Waals surface area contributed by atoms with Crippen LogP contribution in [0, 0.1) is 11.3 Å². The van der Waals surface area contributed by atoms with Gasteiger partial charge in [0, 0.05) is 26.7 Å². The number of hydrogen-bond acceptors (Lipinski definition) is 7. The highest BCUT2D eigenvalue weighted by atomic mass is 79.9. The summed E-state index contributed by atoms with van der Waals surface area (Å²) in [6, 6.07) is 5.68. The number of aromatic nitrogens is 4. The highest BCUT2D eigenvalue weighted by Crippen LogP contribution is 2.30. The number of nitrogens with zero attached hydrogens (tertiary/aromatic N) is 5. The minimum absolute atomic E-state index is 0.395. The molecule has 4 heterocycles. The molecule has 9 nitrogen and oxygen atoms in total. The van der Waals surface area contributed by atoms with Gasteiger partial charge in [0.1, 0.15) is 6.07 Å². The fourth-order valence-electron chi connectivity index (χ4n) is 3.04. The molecule has 4 aromatic heterocycles. The Morgan fingerprint density at radius 1 is 0.970 bits per heavy atom. The van der Waals surface area contributed by atoms with Gasteiger partial charge in [0.2, 0.25) is 0 Å². The van der Waals surface area contributed by atoms with Crippen LogP contribution in [-0.4, -0.2) is 42.5 Å². The Bertz CT molecular complexity index is 1390. The maximum atomic E-state index is 11.3. The van der Waals surface area contributed by atoms with Crippen LogP contribution in [0.15, 0.2) is 51.2 Å². The lowest BCUT2D eigenvalue weighted by molar-refractivity contribution is 0.0988. The zero-order chi connectivity index (χ0) is 24.1. The standard InChI is InChI=1S/C11H10N4OS.C10H10BrN3OS/c1-2-17-10-8(11(13)16)5-14-15-6-7(4-12)3-9(10)15;1-2-16-9-7(10(12)15)4-13-14-5-6(11)3-8(9)14/h3,5-6H,2H2,1H3,(H2,13,16);3-5H,2H2,1H3,(H2,12,15). The molecule has 0 saturated carbocycles. The van der Waals surface area contributed by atoms with E-state index in [0.29, 0.717) is 16.7 Å². The van der Waals surface area contributed by atoms with Crippen LogP contribution in [-0.2, 0) is 0 Å². The summed E-state index contributed by atoms with van der Waals surface area (Å²) in [4.78, 5) is 24.3. The minimum Gasteiger partial charge on any atom is -0.366 e. The molecular formula is C21H20BrN7O2S2. The third-order valence-electron chi connectivity index (χ3n) is 4.38. The van der Waals surface area contributed by atoms with Gasteiger partial charge in [0.15, 0.2) is 0 Å². The number of rotatable bonds is 6. The van der Waals surface area contributed by atoms with Crippen molar-refractivity contribution in [2.75, 3.05) is 11.5 Å². The summed E-state index contributed by atoms with van der Waals surface area (Å²) >= 11 is 6.49. The number of halogens is 1. The monoisotopic (exact) mass is 545 g/mol. The van der Waals surface area contributed by atoms with Gasteiger partial charge in [-0.2, -0.15) is 15.5 Å². The average molecular weight is 546 g/mol. The largest absolute Gasteiger partial charge is 0.366 e. The van der Waals surface area contributed by atoms with Crippen LogP contribution in [0.2, 0.25) is 0 Å². The van der Waals surface area contributed by atoms with E-state index in [-0.39, 0.29) is 0 Å². The maximum Gasteiger partial charge on any atom is 0.251 e. The van der Waals surface area contributed by atoms with E-state index in [1.807, 2.05) is 32.2 Å². The molecule has 4 N–H and O–H groups in total. The zero-order valence-corrected chi connectivity index (χ0v) is 21.0. The number of nitrogens with two attached hydrogens (primary N) is 2. The van der Waals surface area contributed by atoms with Crippen LogP contribution in [0.5, 0.6) is 0 Å². The number of hydrogen-bond donors (Lipinski definition) is 2. The Labute approximate surface area is 206 Å². The van der Waals surface area contributed by atoms with Gasteiger partial charge in [-0.3, -0.25) is 9.59 Å². The van der Waals surface area contributed by atoms with Crippen LogP contribution in [0.25, 0.3) is 11.0 Å². The Morgan fingerprint density at radius 3 is 1.91 bits per heavy atom. The highest BCUT2D eigenvalue weighted by Gasteiger charge is 2.15. The molecule has 0 saturated heterocycles. The molecule has 4 rings (SSSR count). The molecule has 0 aliphatic rings. The van der Waals surface area contributed by atoms with Gasteiger partial charge < -0.3 is 11.5 Å². The van der Waals surface area contributed by atoms with Gasteiger partial charge >= 0.3 is 0 Å². The fourth-order valence-corrected chi connectivity index (χ4v) is 5.25. The van der Waals surface area contributed by atoms with Crippen molar-refractivity contribution in [3.63, 3.8) is 0 Å². The second-order valence-electron chi connectivity index (χ2n) is 6.53. The first-order valence-electron chi connectivity index (χ1n) is 9.74. The Hall–Kier alpha value is -3.01. The van der Waals surface area contributed by atoms with Gasteiger partial charge in [0.25, 0.3) is 11.8 Å². The Balaban J connectivity index is 0.000000186. The smallest absolute Gasteiger partial charge is 0.251 e. The first-order chi connectivity index (χ1) is 15.8. The molecule has 0 spiro atoms. The van der Waals surface area contributed by atoms with E-state index in [9.17, 15) is 9.59 Å². The molecule has 2 amide bonds. The van der Waals surface area contributed by atoms with Crippen molar-refractivity contribution in [3.05, 3.63) is 58.1 Å². The number of amides is 2. The Morgan fingerprint density at radius 2 is 1.45 bits per heavy atom. The number of primary amides is 2. The second kappa shape index (κ2) is 10.7. The second-order valence-corrected chi connectivity index (χ2v) is 9.99. The summed E-state index contributed by atoms with van der Waals surface area (Å²) in [7, 11) is 0. The van der Waals surface area contributed by atoms with E-state index in [1.165, 1.54) is 24.2 Å². The van der Waals surface area contributed by atoms with Crippen molar-refractivity contribution in [1.29, 1.82) is 5.26 Å². The normalized spacial score (nSPS) is 10.6. The minimum atomic E-state index is -0.504. The van der Waals surface area contributed by atoms with E-state index in [1.54, 1.807) is 33.1 Å². The molecule has 0 aliphatic heterocycles. The van der Waals surface area contributed by atoms with Crippen molar-refractivity contribution in [3.8, 4) is 6.07 Å². The molecular weight excluding hydrogens is 526 g/mol. The third-order valence-corrected chi connectivity index (χ3v) is 6.83. The average Bonchev–Trinajstić information content (AvgIpc) is 3.37. The third kappa shape index (κ3) is 5.32. The lowest BCUT2D eigenvalue weighted by atomic mass is 10.2. The summed E-state index contributed by atoms with van der Waals surface area (Å²) in [5, 5.41) is 17.1. The number of thioether (sulfide) groups is 2. The molecule has 33 heavy (non-hydrogen) atoms. The summed E-state index contributed by atoms with van der Waals surface area (Å²) in [6.07, 6.45) is 6.42. The van der Waals surface area contributed by atoms with Crippen LogP contribution < -0.4 is 11.5 Å². The zero-order valence-electron chi connectivity index (χ0n) is 17.8. The van der Waals surface area contributed by atoms with Crippen molar-refractivity contribution >= 4 is 62.3 Å². The van der Waals surface area contributed by atoms with Crippen molar-refractivity contribution in [2.24, 2.45) is 11.5 Å². The van der Waals surface area contributed by atoms with E-state index in [2.05, 4.69) is 26.1 Å². The molecule has 0 fully saturated rings. The van der Waals surface area contributed by atoms with Gasteiger partial charge in [-0.25, -0.2) is 9.03 Å². The van der Waals surface area contributed by atoms with Crippen molar-refractivity contribution < 1.29 is 9.59 Å². The van der Waals surface area contributed by atoms with Crippen LogP contribution in [0.4, 0.5) is 0 Å². The van der Waals surface area contributed by atoms with Gasteiger partial charge in [0.05, 0.1) is 40.1 Å². The molecule has 0 bridgehead atoms. The lowest BCUT2D eigenvalue weighted by Crippen LogP contribution is -2.14. The van der Waals surface area contributed by atoms with E-state index in [4.69, 9.17) is 16.7 Å².